The number of carbonyl (C=O) groups excluding carboxylic acids is 1. The van der Waals surface area contributed by atoms with E-state index >= 15 is 0 Å². The Morgan fingerprint density at radius 1 is 1.44 bits per heavy atom. The maximum Gasteiger partial charge on any atom is 0.260 e. The number of hydrogen-bond donors (Lipinski definition) is 0. The van der Waals surface area contributed by atoms with Gasteiger partial charge in [0.05, 0.1) is 12.9 Å². The van der Waals surface area contributed by atoms with E-state index in [0.29, 0.717) is 13.0 Å². The van der Waals surface area contributed by atoms with Crippen molar-refractivity contribution >= 4 is 12.2 Å². The van der Waals surface area contributed by atoms with Crippen molar-refractivity contribution in [1.82, 2.24) is 4.90 Å². The molecule has 82 valence electrons. The molecule has 2 heterocycles. The van der Waals surface area contributed by atoms with Crippen molar-refractivity contribution in [2.24, 2.45) is 4.99 Å². The average Bonchev–Trinajstić information content (AvgIpc) is 2.60. The highest BCUT2D eigenvalue weighted by molar-refractivity contribution is 6.01. The molecular weight excluding hydrogens is 204 g/mol. The number of rotatable bonds is 0. The van der Waals surface area contributed by atoms with Gasteiger partial charge in [-0.25, -0.2) is 0 Å². The largest absolute Gasteiger partial charge is 0.493 e. The molecule has 1 unspecified atom stereocenters. The van der Waals surface area contributed by atoms with Gasteiger partial charge in [-0.1, -0.05) is 18.2 Å². The van der Waals surface area contributed by atoms with Gasteiger partial charge in [-0.15, -0.1) is 0 Å². The molecule has 0 saturated heterocycles. The zero-order valence-electron chi connectivity index (χ0n) is 9.01. The lowest BCUT2D eigenvalue weighted by atomic mass is 9.85. The Hall–Kier alpha value is -1.84. The minimum atomic E-state index is -0.733. The number of likely N-dealkylation sites (N-methyl/N-ethyl adjacent to an activating group) is 1. The van der Waals surface area contributed by atoms with Crippen LogP contribution in [0.25, 0.3) is 0 Å². The van der Waals surface area contributed by atoms with E-state index in [-0.39, 0.29) is 5.91 Å². The predicted octanol–water partition coefficient (Wildman–Crippen LogP) is 1.16. The van der Waals surface area contributed by atoms with E-state index in [1.807, 2.05) is 24.3 Å². The third kappa shape index (κ3) is 1.04. The molecule has 0 aromatic heterocycles. The first-order valence-corrected chi connectivity index (χ1v) is 5.29. The Morgan fingerprint density at radius 3 is 3.00 bits per heavy atom. The van der Waals surface area contributed by atoms with Crippen molar-refractivity contribution < 1.29 is 9.53 Å². The molecule has 3 rings (SSSR count). The second-order valence-electron chi connectivity index (χ2n) is 4.12. The molecule has 16 heavy (non-hydrogen) atoms. The Morgan fingerprint density at radius 2 is 2.25 bits per heavy atom. The molecular formula is C12H12N2O2. The van der Waals surface area contributed by atoms with Gasteiger partial charge in [0.15, 0.2) is 5.54 Å². The highest BCUT2D eigenvalue weighted by atomic mass is 16.5. The zero-order chi connectivity index (χ0) is 11.2. The highest BCUT2D eigenvalue weighted by Crippen LogP contribution is 2.42. The molecule has 0 aliphatic carbocycles. The summed E-state index contributed by atoms with van der Waals surface area (Å²) in [5, 5.41) is 0. The molecule has 4 heteroatoms. The molecule has 0 fully saturated rings. The summed E-state index contributed by atoms with van der Waals surface area (Å²) in [5.41, 5.74) is 0.149. The van der Waals surface area contributed by atoms with Crippen LogP contribution in [0.5, 0.6) is 5.75 Å². The maximum absolute atomic E-state index is 12.2. The Bertz CT molecular complexity index is 484. The summed E-state index contributed by atoms with van der Waals surface area (Å²) >= 11 is 0. The number of hydrogen-bond acceptors (Lipinski definition) is 3. The summed E-state index contributed by atoms with van der Waals surface area (Å²) < 4.78 is 5.55. The second kappa shape index (κ2) is 3.07. The molecule has 0 N–H and O–H groups in total. The molecule has 1 atom stereocenters. The van der Waals surface area contributed by atoms with Gasteiger partial charge in [-0.2, -0.15) is 0 Å². The highest BCUT2D eigenvalue weighted by Gasteiger charge is 2.48. The van der Waals surface area contributed by atoms with Gasteiger partial charge in [0.2, 0.25) is 0 Å². The van der Waals surface area contributed by atoms with Crippen molar-refractivity contribution in [3.8, 4) is 5.75 Å². The molecule has 1 aromatic rings. The summed E-state index contributed by atoms with van der Waals surface area (Å²) in [6.07, 6.45) is 2.22. The van der Waals surface area contributed by atoms with Gasteiger partial charge >= 0.3 is 0 Å². The van der Waals surface area contributed by atoms with Crippen LogP contribution in [0.15, 0.2) is 29.3 Å². The number of carbonyl (C=O) groups is 1. The number of para-hydroxylation sites is 1. The van der Waals surface area contributed by atoms with E-state index in [1.54, 1.807) is 18.3 Å². The van der Waals surface area contributed by atoms with Gasteiger partial charge in [0, 0.05) is 19.0 Å². The summed E-state index contributed by atoms with van der Waals surface area (Å²) in [4.78, 5) is 18.1. The summed E-state index contributed by atoms with van der Waals surface area (Å²) in [6, 6.07) is 7.63. The molecule has 2 aliphatic heterocycles. The summed E-state index contributed by atoms with van der Waals surface area (Å²) in [7, 11) is 1.73. The van der Waals surface area contributed by atoms with Crippen molar-refractivity contribution in [3.05, 3.63) is 29.8 Å². The van der Waals surface area contributed by atoms with Crippen molar-refractivity contribution in [3.63, 3.8) is 0 Å². The molecule has 0 saturated carbocycles. The normalized spacial score (nSPS) is 27.1. The number of fused-ring (bicyclic) bond motifs is 2. The molecule has 0 radical (unpaired) electrons. The van der Waals surface area contributed by atoms with Gasteiger partial charge in [-0.05, 0) is 6.07 Å². The Balaban J connectivity index is 2.18. The fourth-order valence-corrected chi connectivity index (χ4v) is 2.32. The average molecular weight is 216 g/mol. The van der Waals surface area contributed by atoms with Crippen molar-refractivity contribution in [2.75, 3.05) is 13.7 Å². The Labute approximate surface area is 93.5 Å². The fourth-order valence-electron chi connectivity index (χ4n) is 2.32. The van der Waals surface area contributed by atoms with E-state index in [2.05, 4.69) is 4.99 Å². The maximum atomic E-state index is 12.2. The Kier molecular flexibility index (Phi) is 1.80. The van der Waals surface area contributed by atoms with Gasteiger partial charge in [0.25, 0.3) is 5.91 Å². The third-order valence-corrected chi connectivity index (χ3v) is 3.18. The topological polar surface area (TPSA) is 41.9 Å². The first-order valence-electron chi connectivity index (χ1n) is 5.29. The van der Waals surface area contributed by atoms with Crippen LogP contribution in [-0.4, -0.2) is 30.8 Å². The first kappa shape index (κ1) is 9.39. The molecule has 1 aromatic carbocycles. The van der Waals surface area contributed by atoms with Crippen LogP contribution >= 0.6 is 0 Å². The van der Waals surface area contributed by atoms with Crippen LogP contribution in [0.2, 0.25) is 0 Å². The van der Waals surface area contributed by atoms with Gasteiger partial charge in [-0.3, -0.25) is 9.79 Å². The predicted molar refractivity (Wildman–Crippen MR) is 59.5 cm³/mol. The standard InChI is InChI=1S/C12H12N2O2/c1-14-8-13-12(11(14)15)6-7-16-10-5-3-2-4-9(10)12/h2-5,8H,6-7H2,1H3. The van der Waals surface area contributed by atoms with E-state index in [1.165, 1.54) is 0 Å². The van der Waals surface area contributed by atoms with Crippen molar-refractivity contribution in [1.29, 1.82) is 0 Å². The van der Waals surface area contributed by atoms with Crippen LogP contribution in [0, 0.1) is 0 Å². The number of aliphatic imine (C=N–C) groups is 1. The van der Waals surface area contributed by atoms with E-state index in [9.17, 15) is 4.79 Å². The minimum absolute atomic E-state index is 0.0308. The quantitative estimate of drug-likeness (QED) is 0.653. The van der Waals surface area contributed by atoms with Crippen LogP contribution in [0.1, 0.15) is 12.0 Å². The van der Waals surface area contributed by atoms with Crippen molar-refractivity contribution in [2.45, 2.75) is 12.0 Å². The second-order valence-corrected chi connectivity index (χ2v) is 4.12. The van der Waals surface area contributed by atoms with Gasteiger partial charge in [0.1, 0.15) is 5.75 Å². The number of benzene rings is 1. The number of nitrogens with zero attached hydrogens (tertiary/aromatic N) is 2. The first-order chi connectivity index (χ1) is 7.74. The van der Waals surface area contributed by atoms with E-state index < -0.39 is 5.54 Å². The van der Waals surface area contributed by atoms with Gasteiger partial charge < -0.3 is 9.64 Å². The van der Waals surface area contributed by atoms with Crippen LogP contribution < -0.4 is 4.74 Å². The molecule has 1 spiro atoms. The summed E-state index contributed by atoms with van der Waals surface area (Å²) in [5.74, 6) is 0.804. The number of amides is 1. The monoisotopic (exact) mass is 216 g/mol. The molecule has 1 amide bonds. The lowest BCUT2D eigenvalue weighted by Crippen LogP contribution is -2.41. The van der Waals surface area contributed by atoms with E-state index in [4.69, 9.17) is 4.74 Å². The zero-order valence-corrected chi connectivity index (χ0v) is 9.01. The smallest absolute Gasteiger partial charge is 0.260 e. The molecule has 0 bridgehead atoms. The lowest BCUT2D eigenvalue weighted by Gasteiger charge is -2.31. The van der Waals surface area contributed by atoms with E-state index in [0.717, 1.165) is 11.3 Å². The van der Waals surface area contributed by atoms with Crippen LogP contribution in [0.4, 0.5) is 0 Å². The third-order valence-electron chi connectivity index (χ3n) is 3.18. The molecule has 2 aliphatic rings. The summed E-state index contributed by atoms with van der Waals surface area (Å²) in [6.45, 7) is 0.536. The SMILES string of the molecule is CN1C=NC2(CCOc3ccccc32)C1=O. The van der Waals surface area contributed by atoms with Crippen LogP contribution in [-0.2, 0) is 10.3 Å². The molecule has 4 nitrogen and oxygen atoms in total. The minimum Gasteiger partial charge on any atom is -0.493 e. The lowest BCUT2D eigenvalue weighted by molar-refractivity contribution is -0.131. The van der Waals surface area contributed by atoms with Crippen LogP contribution in [0.3, 0.4) is 0 Å². The number of ether oxygens (including phenoxy) is 1. The fraction of sp³-hybridized carbons (Fsp3) is 0.333.